The summed E-state index contributed by atoms with van der Waals surface area (Å²) in [6.45, 7) is 0.480. The molecule has 1 aliphatic rings. The van der Waals surface area contributed by atoms with Crippen LogP contribution in [0.3, 0.4) is 0 Å². The highest BCUT2D eigenvalue weighted by atomic mass is 32.1. The van der Waals surface area contributed by atoms with Crippen molar-refractivity contribution < 1.29 is 9.47 Å². The van der Waals surface area contributed by atoms with Crippen LogP contribution in [0.15, 0.2) is 30.6 Å². The van der Waals surface area contributed by atoms with Crippen LogP contribution in [-0.4, -0.2) is 17.1 Å². The molecule has 5 heteroatoms. The number of aromatic nitrogens is 2. The van der Waals surface area contributed by atoms with E-state index < -0.39 is 0 Å². The number of benzene rings is 1. The van der Waals surface area contributed by atoms with E-state index >= 15 is 0 Å². The molecule has 4 nitrogen and oxygen atoms in total. The van der Waals surface area contributed by atoms with Crippen molar-refractivity contribution in [2.24, 2.45) is 0 Å². The van der Waals surface area contributed by atoms with Crippen molar-refractivity contribution in [3.63, 3.8) is 0 Å². The average Bonchev–Trinajstić information content (AvgIpc) is 2.99. The smallest absolute Gasteiger partial charge is 0.225 e. The van der Waals surface area contributed by atoms with Crippen molar-refractivity contribution in [1.29, 1.82) is 0 Å². The Labute approximate surface area is 139 Å². The molecule has 0 atom stereocenters. The summed E-state index contributed by atoms with van der Waals surface area (Å²) >= 11 is 1.79. The van der Waals surface area contributed by atoms with Gasteiger partial charge < -0.3 is 9.47 Å². The summed E-state index contributed by atoms with van der Waals surface area (Å²) in [5.74, 6) is 1.55. The fraction of sp³-hybridized carbons (Fsp3) is 0.333. The molecule has 0 spiro atoms. The predicted octanol–water partition coefficient (Wildman–Crippen LogP) is 4.16. The third-order valence-corrected chi connectivity index (χ3v) is 5.43. The van der Waals surface area contributed by atoms with E-state index in [0.717, 1.165) is 34.4 Å². The van der Waals surface area contributed by atoms with Gasteiger partial charge in [0, 0.05) is 4.88 Å². The Hall–Kier alpha value is -2.14. The van der Waals surface area contributed by atoms with Gasteiger partial charge in [-0.25, -0.2) is 9.97 Å². The van der Waals surface area contributed by atoms with E-state index in [1.807, 2.05) is 24.3 Å². The Morgan fingerprint density at radius 1 is 1.17 bits per heavy atom. The number of aryl methyl sites for hydroxylation is 2. The zero-order chi connectivity index (χ0) is 15.6. The second-order valence-corrected chi connectivity index (χ2v) is 6.79. The molecule has 0 radical (unpaired) electrons. The topological polar surface area (TPSA) is 44.2 Å². The van der Waals surface area contributed by atoms with Crippen molar-refractivity contribution in [1.82, 2.24) is 9.97 Å². The highest BCUT2D eigenvalue weighted by Crippen LogP contribution is 2.39. The molecule has 0 aliphatic heterocycles. The summed E-state index contributed by atoms with van der Waals surface area (Å²) in [6, 6.07) is 7.92. The minimum absolute atomic E-state index is 0.480. The third-order valence-electron chi connectivity index (χ3n) is 4.23. The van der Waals surface area contributed by atoms with Gasteiger partial charge in [0.2, 0.25) is 5.88 Å². The van der Waals surface area contributed by atoms with Gasteiger partial charge in [-0.3, -0.25) is 0 Å². The number of nitrogens with zero attached hydrogens (tertiary/aromatic N) is 2. The van der Waals surface area contributed by atoms with Crippen molar-refractivity contribution in [3.05, 3.63) is 46.6 Å². The van der Waals surface area contributed by atoms with Crippen molar-refractivity contribution in [2.75, 3.05) is 7.11 Å². The molecule has 1 aliphatic carbocycles. The van der Waals surface area contributed by atoms with Crippen LogP contribution in [0.1, 0.15) is 28.8 Å². The molecule has 23 heavy (non-hydrogen) atoms. The first-order valence-corrected chi connectivity index (χ1v) is 8.68. The largest absolute Gasteiger partial charge is 0.497 e. The first-order valence-electron chi connectivity index (χ1n) is 7.86. The minimum Gasteiger partial charge on any atom is -0.497 e. The van der Waals surface area contributed by atoms with Crippen LogP contribution in [0.2, 0.25) is 0 Å². The van der Waals surface area contributed by atoms with Gasteiger partial charge in [0.1, 0.15) is 23.5 Å². The Morgan fingerprint density at radius 3 is 3.00 bits per heavy atom. The number of rotatable bonds is 4. The fourth-order valence-corrected chi connectivity index (χ4v) is 4.30. The molecule has 0 saturated heterocycles. The molecular formula is C18H18N2O2S. The van der Waals surface area contributed by atoms with E-state index in [-0.39, 0.29) is 0 Å². The molecule has 3 aromatic rings. The maximum Gasteiger partial charge on any atom is 0.225 e. The van der Waals surface area contributed by atoms with E-state index in [1.165, 1.54) is 23.3 Å². The van der Waals surface area contributed by atoms with Crippen molar-refractivity contribution >= 4 is 21.6 Å². The Balaban J connectivity index is 1.65. The summed E-state index contributed by atoms with van der Waals surface area (Å²) in [5, 5.41) is 1.12. The van der Waals surface area contributed by atoms with Gasteiger partial charge in [-0.2, -0.15) is 0 Å². The lowest BCUT2D eigenvalue weighted by molar-refractivity contribution is 0.296. The number of ether oxygens (including phenoxy) is 2. The molecule has 2 aromatic heterocycles. The summed E-state index contributed by atoms with van der Waals surface area (Å²) in [5.41, 5.74) is 2.47. The number of hydrogen-bond acceptors (Lipinski definition) is 5. The average molecular weight is 326 g/mol. The molecule has 118 valence electrons. The predicted molar refractivity (Wildman–Crippen MR) is 91.4 cm³/mol. The molecule has 4 rings (SSSR count). The quantitative estimate of drug-likeness (QED) is 0.722. The SMILES string of the molecule is COc1cccc(COc2ncnc3sc4c(c23)CCCC4)c1. The Kier molecular flexibility index (Phi) is 3.87. The number of methoxy groups -OCH3 is 1. The first kappa shape index (κ1) is 14.5. The third kappa shape index (κ3) is 2.77. The van der Waals surface area contributed by atoms with Gasteiger partial charge >= 0.3 is 0 Å². The van der Waals surface area contributed by atoms with Crippen LogP contribution >= 0.6 is 11.3 Å². The van der Waals surface area contributed by atoms with Crippen molar-refractivity contribution in [3.8, 4) is 11.6 Å². The number of fused-ring (bicyclic) bond motifs is 3. The maximum absolute atomic E-state index is 6.03. The van der Waals surface area contributed by atoms with Gasteiger partial charge in [-0.15, -0.1) is 11.3 Å². The van der Waals surface area contributed by atoms with Crippen LogP contribution < -0.4 is 9.47 Å². The molecule has 2 heterocycles. The lowest BCUT2D eigenvalue weighted by Gasteiger charge is -2.12. The van der Waals surface area contributed by atoms with Gasteiger partial charge in [0.05, 0.1) is 12.5 Å². The van der Waals surface area contributed by atoms with E-state index in [2.05, 4.69) is 9.97 Å². The minimum atomic E-state index is 0.480. The zero-order valence-corrected chi connectivity index (χ0v) is 13.9. The molecule has 0 N–H and O–H groups in total. The molecule has 0 fully saturated rings. The summed E-state index contributed by atoms with van der Waals surface area (Å²) in [7, 11) is 1.67. The molecular weight excluding hydrogens is 308 g/mol. The zero-order valence-electron chi connectivity index (χ0n) is 13.0. The monoisotopic (exact) mass is 326 g/mol. The van der Waals surface area contributed by atoms with Gasteiger partial charge in [0.15, 0.2) is 0 Å². The first-order chi connectivity index (χ1) is 11.3. The molecule has 0 amide bonds. The summed E-state index contributed by atoms with van der Waals surface area (Å²) in [4.78, 5) is 11.3. The van der Waals surface area contributed by atoms with Gasteiger partial charge in [-0.1, -0.05) is 12.1 Å². The van der Waals surface area contributed by atoms with Crippen LogP contribution in [0, 0.1) is 0 Å². The van der Waals surface area contributed by atoms with E-state index in [0.29, 0.717) is 12.5 Å². The molecule has 0 bridgehead atoms. The number of hydrogen-bond donors (Lipinski definition) is 0. The van der Waals surface area contributed by atoms with Crippen molar-refractivity contribution in [2.45, 2.75) is 32.3 Å². The van der Waals surface area contributed by atoms with Crippen LogP contribution in [0.5, 0.6) is 11.6 Å². The standard InChI is InChI=1S/C18H18N2O2S/c1-21-13-6-4-5-12(9-13)10-22-17-16-14-7-2-3-8-15(14)23-18(16)20-11-19-17/h4-6,9,11H,2-3,7-8,10H2,1H3. The fourth-order valence-electron chi connectivity index (χ4n) is 3.08. The van der Waals surface area contributed by atoms with Gasteiger partial charge in [0.25, 0.3) is 0 Å². The van der Waals surface area contributed by atoms with E-state index in [9.17, 15) is 0 Å². The lowest BCUT2D eigenvalue weighted by Crippen LogP contribution is -2.02. The second-order valence-electron chi connectivity index (χ2n) is 5.71. The Morgan fingerprint density at radius 2 is 2.09 bits per heavy atom. The Bertz CT molecular complexity index is 844. The molecule has 0 saturated carbocycles. The molecule has 0 unspecified atom stereocenters. The van der Waals surface area contributed by atoms with Crippen LogP contribution in [0.4, 0.5) is 0 Å². The van der Waals surface area contributed by atoms with E-state index in [4.69, 9.17) is 9.47 Å². The van der Waals surface area contributed by atoms with Crippen LogP contribution in [-0.2, 0) is 19.4 Å². The van der Waals surface area contributed by atoms with Gasteiger partial charge in [-0.05, 0) is 48.9 Å². The highest BCUT2D eigenvalue weighted by molar-refractivity contribution is 7.18. The van der Waals surface area contributed by atoms with E-state index in [1.54, 1.807) is 24.8 Å². The molecule has 1 aromatic carbocycles. The number of thiophene rings is 1. The maximum atomic E-state index is 6.03. The normalized spacial score (nSPS) is 13.8. The summed E-state index contributed by atoms with van der Waals surface area (Å²) in [6.07, 6.45) is 6.38. The highest BCUT2D eigenvalue weighted by Gasteiger charge is 2.20. The lowest BCUT2D eigenvalue weighted by atomic mass is 9.97. The summed E-state index contributed by atoms with van der Waals surface area (Å²) < 4.78 is 11.3. The second kappa shape index (κ2) is 6.16. The van der Waals surface area contributed by atoms with Crippen LogP contribution in [0.25, 0.3) is 10.2 Å².